The van der Waals surface area contributed by atoms with Gasteiger partial charge < -0.3 is 10.0 Å². The SMILES string of the molecule is O=C(O)c1ccccc1CCN1C(c2ccc3ncccc3c2)=NNC1S. The summed E-state index contributed by atoms with van der Waals surface area (Å²) in [6, 6.07) is 17.0. The maximum atomic E-state index is 11.4. The van der Waals surface area contributed by atoms with Gasteiger partial charge in [0.25, 0.3) is 0 Å². The summed E-state index contributed by atoms with van der Waals surface area (Å²) in [5.74, 6) is -0.128. The number of nitrogens with one attached hydrogen (secondary N) is 1. The molecule has 1 atom stereocenters. The highest BCUT2D eigenvalue weighted by Crippen LogP contribution is 2.21. The molecule has 3 aromatic rings. The molecular weight excluding hydrogens is 360 g/mol. The highest BCUT2D eigenvalue weighted by Gasteiger charge is 2.26. The van der Waals surface area contributed by atoms with Crippen molar-refractivity contribution in [3.05, 3.63) is 77.5 Å². The van der Waals surface area contributed by atoms with Gasteiger partial charge in [0.15, 0.2) is 11.3 Å². The molecule has 0 bridgehead atoms. The van der Waals surface area contributed by atoms with E-state index >= 15 is 0 Å². The molecule has 7 heteroatoms. The van der Waals surface area contributed by atoms with Gasteiger partial charge in [0.1, 0.15) is 0 Å². The Morgan fingerprint density at radius 3 is 2.89 bits per heavy atom. The molecule has 0 radical (unpaired) electrons. The van der Waals surface area contributed by atoms with Crippen LogP contribution in [0.4, 0.5) is 0 Å². The van der Waals surface area contributed by atoms with E-state index in [1.807, 2.05) is 47.4 Å². The fourth-order valence-electron chi connectivity index (χ4n) is 3.23. The van der Waals surface area contributed by atoms with Gasteiger partial charge in [0.05, 0.1) is 11.1 Å². The lowest BCUT2D eigenvalue weighted by Crippen LogP contribution is -2.38. The van der Waals surface area contributed by atoms with Gasteiger partial charge in [-0.25, -0.2) is 4.79 Å². The van der Waals surface area contributed by atoms with E-state index in [0.29, 0.717) is 18.5 Å². The quantitative estimate of drug-likeness (QED) is 0.595. The molecule has 2 heterocycles. The fraction of sp³-hybridized carbons (Fsp3) is 0.150. The second-order valence-electron chi connectivity index (χ2n) is 6.25. The van der Waals surface area contributed by atoms with E-state index in [1.54, 1.807) is 18.3 Å². The van der Waals surface area contributed by atoms with Crippen LogP contribution in [0, 0.1) is 0 Å². The second kappa shape index (κ2) is 7.28. The lowest BCUT2D eigenvalue weighted by Gasteiger charge is -2.24. The van der Waals surface area contributed by atoms with Gasteiger partial charge in [0.2, 0.25) is 0 Å². The van der Waals surface area contributed by atoms with Crippen molar-refractivity contribution in [2.45, 2.75) is 11.9 Å². The Kier molecular flexibility index (Phi) is 4.68. The molecule has 4 rings (SSSR count). The Hall–Kier alpha value is -3.06. The fourth-order valence-corrected chi connectivity index (χ4v) is 3.51. The van der Waals surface area contributed by atoms with Gasteiger partial charge in [-0.15, -0.1) is 12.6 Å². The Morgan fingerprint density at radius 2 is 2.04 bits per heavy atom. The highest BCUT2D eigenvalue weighted by molar-refractivity contribution is 7.80. The number of hydrogen-bond donors (Lipinski definition) is 3. The first-order valence-electron chi connectivity index (χ1n) is 8.58. The Bertz CT molecular complexity index is 1040. The Labute approximate surface area is 161 Å². The van der Waals surface area contributed by atoms with Crippen LogP contribution < -0.4 is 5.43 Å². The van der Waals surface area contributed by atoms with E-state index in [1.165, 1.54) is 0 Å². The molecule has 0 saturated heterocycles. The monoisotopic (exact) mass is 378 g/mol. The predicted octanol–water partition coefficient (Wildman–Crippen LogP) is 2.96. The number of aromatic nitrogens is 1. The summed E-state index contributed by atoms with van der Waals surface area (Å²) in [5.41, 5.74) is 5.74. The van der Waals surface area contributed by atoms with Crippen LogP contribution in [-0.2, 0) is 6.42 Å². The lowest BCUT2D eigenvalue weighted by atomic mass is 10.0. The molecule has 27 heavy (non-hydrogen) atoms. The van der Waals surface area contributed by atoms with E-state index in [0.717, 1.165) is 27.9 Å². The van der Waals surface area contributed by atoms with Gasteiger partial charge in [-0.05, 0) is 42.3 Å². The van der Waals surface area contributed by atoms with Crippen molar-refractivity contribution in [2.75, 3.05) is 6.54 Å². The molecule has 0 fully saturated rings. The topological polar surface area (TPSA) is 77.8 Å². The molecule has 1 unspecified atom stereocenters. The van der Waals surface area contributed by atoms with Crippen molar-refractivity contribution in [1.29, 1.82) is 0 Å². The third-order valence-electron chi connectivity index (χ3n) is 4.58. The maximum Gasteiger partial charge on any atom is 0.335 e. The minimum atomic E-state index is -0.913. The normalized spacial score (nSPS) is 16.3. The van der Waals surface area contributed by atoms with Gasteiger partial charge in [0, 0.05) is 23.7 Å². The van der Waals surface area contributed by atoms with Crippen molar-refractivity contribution in [3.63, 3.8) is 0 Å². The van der Waals surface area contributed by atoms with E-state index in [9.17, 15) is 9.90 Å². The third kappa shape index (κ3) is 3.46. The average molecular weight is 378 g/mol. The molecule has 0 saturated carbocycles. The van der Waals surface area contributed by atoms with Crippen molar-refractivity contribution < 1.29 is 9.90 Å². The van der Waals surface area contributed by atoms with Gasteiger partial charge >= 0.3 is 5.97 Å². The molecule has 2 aromatic carbocycles. The summed E-state index contributed by atoms with van der Waals surface area (Å²) < 4.78 is 0. The van der Waals surface area contributed by atoms with Crippen LogP contribution in [-0.4, -0.2) is 38.8 Å². The molecule has 1 aliphatic rings. The summed E-state index contributed by atoms with van der Waals surface area (Å²) in [7, 11) is 0. The minimum absolute atomic E-state index is 0.262. The van der Waals surface area contributed by atoms with E-state index in [2.05, 4.69) is 28.1 Å². The largest absolute Gasteiger partial charge is 0.478 e. The van der Waals surface area contributed by atoms with E-state index < -0.39 is 5.97 Å². The number of thiol groups is 1. The molecule has 1 aliphatic heterocycles. The van der Waals surface area contributed by atoms with Crippen LogP contribution in [0.1, 0.15) is 21.5 Å². The number of hydrazone groups is 1. The number of amidine groups is 1. The summed E-state index contributed by atoms with van der Waals surface area (Å²) in [6.07, 6.45) is 2.35. The first-order chi connectivity index (χ1) is 13.1. The van der Waals surface area contributed by atoms with Crippen LogP contribution in [0.25, 0.3) is 10.9 Å². The number of pyridine rings is 1. The van der Waals surface area contributed by atoms with E-state index in [-0.39, 0.29) is 5.50 Å². The third-order valence-corrected chi connectivity index (χ3v) is 4.98. The summed E-state index contributed by atoms with van der Waals surface area (Å²) in [6.45, 7) is 0.593. The first kappa shape index (κ1) is 17.4. The number of carbonyl (C=O) groups is 1. The predicted molar refractivity (Wildman–Crippen MR) is 108 cm³/mol. The second-order valence-corrected chi connectivity index (χ2v) is 6.74. The average Bonchev–Trinajstić information content (AvgIpc) is 3.06. The number of hydrogen-bond acceptors (Lipinski definition) is 6. The number of fused-ring (bicyclic) bond motifs is 1. The van der Waals surface area contributed by atoms with Crippen LogP contribution >= 0.6 is 12.6 Å². The van der Waals surface area contributed by atoms with Crippen molar-refractivity contribution in [1.82, 2.24) is 15.3 Å². The van der Waals surface area contributed by atoms with Crippen molar-refractivity contribution in [2.24, 2.45) is 5.10 Å². The van der Waals surface area contributed by atoms with Crippen LogP contribution in [0.5, 0.6) is 0 Å². The molecular formula is C20H18N4O2S. The number of carboxylic acids is 1. The van der Waals surface area contributed by atoms with Gasteiger partial charge in [-0.1, -0.05) is 24.3 Å². The Balaban J connectivity index is 1.58. The Morgan fingerprint density at radius 1 is 1.19 bits per heavy atom. The number of carboxylic acid groups (broad SMARTS) is 1. The number of nitrogens with zero attached hydrogens (tertiary/aromatic N) is 3. The summed E-state index contributed by atoms with van der Waals surface area (Å²) in [4.78, 5) is 17.8. The molecule has 2 N–H and O–H groups in total. The molecule has 1 aromatic heterocycles. The zero-order valence-electron chi connectivity index (χ0n) is 14.4. The molecule has 0 spiro atoms. The zero-order chi connectivity index (χ0) is 18.8. The van der Waals surface area contributed by atoms with Gasteiger partial charge in [-0.3, -0.25) is 10.4 Å². The summed E-state index contributed by atoms with van der Waals surface area (Å²) in [5, 5.41) is 14.8. The van der Waals surface area contributed by atoms with Crippen LogP contribution in [0.2, 0.25) is 0 Å². The van der Waals surface area contributed by atoms with Crippen molar-refractivity contribution in [3.8, 4) is 0 Å². The van der Waals surface area contributed by atoms with Crippen LogP contribution in [0.3, 0.4) is 0 Å². The molecule has 0 aliphatic carbocycles. The van der Waals surface area contributed by atoms with E-state index in [4.69, 9.17) is 0 Å². The van der Waals surface area contributed by atoms with Crippen molar-refractivity contribution >= 4 is 35.3 Å². The molecule has 0 amide bonds. The molecule has 136 valence electrons. The highest BCUT2D eigenvalue weighted by atomic mass is 32.1. The van der Waals surface area contributed by atoms with Gasteiger partial charge in [-0.2, -0.15) is 5.10 Å². The number of aromatic carboxylic acids is 1. The number of benzene rings is 2. The lowest BCUT2D eigenvalue weighted by molar-refractivity contribution is 0.0695. The number of rotatable bonds is 5. The smallest absolute Gasteiger partial charge is 0.335 e. The standard InChI is InChI=1S/C20H18N4O2S/c25-19(26)16-6-2-1-4-13(16)9-11-24-18(22-23-20(24)27)15-7-8-17-14(12-15)5-3-10-21-17/h1-8,10,12,20,23,27H,9,11H2,(H,25,26). The molecule has 6 nitrogen and oxygen atoms in total. The first-order valence-corrected chi connectivity index (χ1v) is 9.09. The van der Waals surface area contributed by atoms with Crippen LogP contribution in [0.15, 0.2) is 65.9 Å². The zero-order valence-corrected chi connectivity index (χ0v) is 15.3. The summed E-state index contributed by atoms with van der Waals surface area (Å²) >= 11 is 4.55. The minimum Gasteiger partial charge on any atom is -0.478 e. The maximum absolute atomic E-state index is 11.4.